The van der Waals surface area contributed by atoms with Crippen molar-refractivity contribution in [2.45, 2.75) is 0 Å². The highest BCUT2D eigenvalue weighted by Gasteiger charge is 2.07. The Bertz CT molecular complexity index is 134. The maximum absolute atomic E-state index is 9.83. The highest BCUT2D eigenvalue weighted by Crippen LogP contribution is 1.83. The zero-order valence-electron chi connectivity index (χ0n) is 4.70. The maximum atomic E-state index is 9.83. The molecule has 0 radical (unpaired) electrons. The number of carbonyl (C=O) groups excluding carboxylic acids is 1. The third-order valence-corrected chi connectivity index (χ3v) is 0.496. The van der Waals surface area contributed by atoms with Crippen molar-refractivity contribution in [3.05, 3.63) is 0 Å². The quantitative estimate of drug-likeness (QED) is 0.441. The number of primary amides is 1. The molecule has 3 N–H and O–H groups in total. The van der Waals surface area contributed by atoms with Crippen molar-refractivity contribution in [2.75, 3.05) is 7.05 Å². The van der Waals surface area contributed by atoms with E-state index in [-0.39, 0.29) is 0 Å². The van der Waals surface area contributed by atoms with E-state index in [1.807, 2.05) is 0 Å². The Morgan fingerprint density at radius 1 is 1.67 bits per heavy atom. The molecule has 0 aliphatic carbocycles. The minimum atomic E-state index is -1.38. The second-order valence-electron chi connectivity index (χ2n) is 1.19. The molecule has 0 aliphatic rings. The first-order valence-electron chi connectivity index (χ1n) is 1.98. The molecular formula is C3H6N2O4. The molecule has 0 rings (SSSR count). The second kappa shape index (κ2) is 2.75. The van der Waals surface area contributed by atoms with Crippen LogP contribution in [0.25, 0.3) is 0 Å². The molecule has 0 spiro atoms. The number of amides is 2. The van der Waals surface area contributed by atoms with Crippen LogP contribution in [0.5, 0.6) is 0 Å². The van der Waals surface area contributed by atoms with E-state index >= 15 is 0 Å². The van der Waals surface area contributed by atoms with Gasteiger partial charge in [0.1, 0.15) is 0 Å². The predicted octanol–water partition coefficient (Wildman–Crippen LogP) is -0.393. The van der Waals surface area contributed by atoms with Gasteiger partial charge < -0.3 is 15.7 Å². The summed E-state index contributed by atoms with van der Waals surface area (Å²) in [5.41, 5.74) is 4.46. The Kier molecular flexibility index (Phi) is 2.31. The van der Waals surface area contributed by atoms with Crippen molar-refractivity contribution in [2.24, 2.45) is 5.73 Å². The molecule has 0 fully saturated rings. The summed E-state index contributed by atoms with van der Waals surface area (Å²) in [6, 6.07) is 0. The van der Waals surface area contributed by atoms with E-state index < -0.39 is 12.2 Å². The van der Waals surface area contributed by atoms with Gasteiger partial charge in [-0.25, -0.2) is 9.59 Å². The van der Waals surface area contributed by atoms with Gasteiger partial charge in [0, 0.05) is 0 Å². The molecule has 0 atom stereocenters. The fraction of sp³-hybridized carbons (Fsp3) is 0.333. The number of hydrogen-bond acceptors (Lipinski definition) is 3. The molecule has 2 amide bonds. The Labute approximate surface area is 50.8 Å². The first-order chi connectivity index (χ1) is 4.04. The van der Waals surface area contributed by atoms with Crippen molar-refractivity contribution in [1.82, 2.24) is 5.06 Å². The van der Waals surface area contributed by atoms with E-state index in [2.05, 4.69) is 10.6 Å². The summed E-state index contributed by atoms with van der Waals surface area (Å²) >= 11 is 0. The van der Waals surface area contributed by atoms with E-state index in [1.54, 1.807) is 0 Å². The lowest BCUT2D eigenvalue weighted by Crippen LogP contribution is -2.30. The maximum Gasteiger partial charge on any atom is 0.440 e. The summed E-state index contributed by atoms with van der Waals surface area (Å²) < 4.78 is 0. The van der Waals surface area contributed by atoms with Crippen LogP contribution in [0, 0.1) is 0 Å². The predicted molar refractivity (Wildman–Crippen MR) is 26.5 cm³/mol. The molecule has 0 aromatic rings. The Morgan fingerprint density at radius 2 is 2.11 bits per heavy atom. The number of carboxylic acid groups (broad SMARTS) is 1. The fourth-order valence-electron chi connectivity index (χ4n) is 0.174. The topological polar surface area (TPSA) is 92.9 Å². The molecule has 52 valence electrons. The van der Waals surface area contributed by atoms with Gasteiger partial charge in [-0.3, -0.25) is 0 Å². The van der Waals surface area contributed by atoms with Crippen molar-refractivity contribution in [1.29, 1.82) is 0 Å². The molecule has 0 saturated carbocycles. The van der Waals surface area contributed by atoms with Crippen LogP contribution in [-0.2, 0) is 4.84 Å². The van der Waals surface area contributed by atoms with Crippen molar-refractivity contribution >= 4 is 12.2 Å². The normalized spacial score (nSPS) is 8.11. The average molecular weight is 134 g/mol. The van der Waals surface area contributed by atoms with Gasteiger partial charge >= 0.3 is 12.2 Å². The third kappa shape index (κ3) is 3.15. The van der Waals surface area contributed by atoms with Crippen LogP contribution in [0.2, 0.25) is 0 Å². The van der Waals surface area contributed by atoms with Crippen LogP contribution >= 0.6 is 0 Å². The molecule has 0 heterocycles. The lowest BCUT2D eigenvalue weighted by Gasteiger charge is -2.08. The molecule has 9 heavy (non-hydrogen) atoms. The van der Waals surface area contributed by atoms with Crippen LogP contribution < -0.4 is 5.73 Å². The SMILES string of the molecule is CN(OC(N)=O)C(=O)O. The van der Waals surface area contributed by atoms with Crippen LogP contribution in [0.4, 0.5) is 9.59 Å². The lowest BCUT2D eigenvalue weighted by atomic mass is 11.1. The van der Waals surface area contributed by atoms with Crippen LogP contribution in [0.3, 0.4) is 0 Å². The molecule has 0 bridgehead atoms. The Balaban J connectivity index is 3.63. The summed E-state index contributed by atoms with van der Waals surface area (Å²) in [5, 5.41) is 8.33. The minimum absolute atomic E-state index is 0.308. The number of nitrogens with two attached hydrogens (primary N) is 1. The minimum Gasteiger partial charge on any atom is -0.463 e. The van der Waals surface area contributed by atoms with E-state index in [9.17, 15) is 9.59 Å². The largest absolute Gasteiger partial charge is 0.463 e. The summed E-state index contributed by atoms with van der Waals surface area (Å²) in [6.45, 7) is 0. The monoisotopic (exact) mass is 134 g/mol. The molecule has 0 aromatic heterocycles. The molecular weight excluding hydrogens is 128 g/mol. The first kappa shape index (κ1) is 7.54. The number of nitrogens with zero attached hydrogens (tertiary/aromatic N) is 1. The smallest absolute Gasteiger partial charge is 0.440 e. The standard InChI is InChI=1S/C3H6N2O4/c1-5(3(7)8)9-2(4)6/h1H3,(H2,4,6)(H,7,8). The van der Waals surface area contributed by atoms with E-state index in [0.717, 1.165) is 7.05 Å². The average Bonchev–Trinajstić information content (AvgIpc) is 1.63. The van der Waals surface area contributed by atoms with Gasteiger partial charge in [-0.1, -0.05) is 0 Å². The zero-order chi connectivity index (χ0) is 7.44. The number of hydroxylamine groups is 2. The molecule has 6 nitrogen and oxygen atoms in total. The van der Waals surface area contributed by atoms with Crippen LogP contribution in [0.1, 0.15) is 0 Å². The highest BCUT2D eigenvalue weighted by molar-refractivity contribution is 5.69. The van der Waals surface area contributed by atoms with Gasteiger partial charge in [0.05, 0.1) is 7.05 Å². The fourth-order valence-corrected chi connectivity index (χ4v) is 0.174. The Morgan fingerprint density at radius 3 is 2.22 bits per heavy atom. The van der Waals surface area contributed by atoms with Crippen molar-refractivity contribution in [3.8, 4) is 0 Å². The van der Waals surface area contributed by atoms with Gasteiger partial charge in [0.15, 0.2) is 0 Å². The molecule has 0 unspecified atom stereocenters. The van der Waals surface area contributed by atoms with Crippen molar-refractivity contribution < 1.29 is 19.5 Å². The molecule has 0 aliphatic heterocycles. The molecule has 6 heteroatoms. The van der Waals surface area contributed by atoms with E-state index in [4.69, 9.17) is 5.11 Å². The third-order valence-electron chi connectivity index (χ3n) is 0.496. The van der Waals surface area contributed by atoms with Crippen LogP contribution in [0.15, 0.2) is 0 Å². The summed E-state index contributed by atoms with van der Waals surface area (Å²) in [5.74, 6) is 0. The van der Waals surface area contributed by atoms with Gasteiger partial charge in [0.25, 0.3) is 0 Å². The summed E-state index contributed by atoms with van der Waals surface area (Å²) in [7, 11) is 1.05. The Hall–Kier alpha value is -1.46. The number of rotatable bonds is 0. The molecule has 0 saturated heterocycles. The van der Waals surface area contributed by atoms with E-state index in [1.165, 1.54) is 0 Å². The van der Waals surface area contributed by atoms with E-state index in [0.29, 0.717) is 5.06 Å². The molecule has 0 aromatic carbocycles. The van der Waals surface area contributed by atoms with Gasteiger partial charge in [-0.15, -0.1) is 5.06 Å². The number of carbonyl (C=O) groups is 2. The second-order valence-corrected chi connectivity index (χ2v) is 1.19. The zero-order valence-corrected chi connectivity index (χ0v) is 4.70. The van der Waals surface area contributed by atoms with Gasteiger partial charge in [0.2, 0.25) is 0 Å². The van der Waals surface area contributed by atoms with Gasteiger partial charge in [-0.2, -0.15) is 0 Å². The lowest BCUT2D eigenvalue weighted by molar-refractivity contribution is -0.0514. The summed E-state index contributed by atoms with van der Waals surface area (Å²) in [4.78, 5) is 23.5. The highest BCUT2D eigenvalue weighted by atomic mass is 16.7. The first-order valence-corrected chi connectivity index (χ1v) is 1.98. The number of hydrogen-bond donors (Lipinski definition) is 2. The van der Waals surface area contributed by atoms with Crippen LogP contribution in [-0.4, -0.2) is 29.4 Å². The van der Waals surface area contributed by atoms with Crippen molar-refractivity contribution in [3.63, 3.8) is 0 Å². The van der Waals surface area contributed by atoms with Gasteiger partial charge in [-0.05, 0) is 0 Å². The summed E-state index contributed by atoms with van der Waals surface area (Å²) in [6.07, 6.45) is -2.53.